The normalized spacial score (nSPS) is 17.7. The molecule has 3 aromatic rings. The number of aromatic nitrogens is 1. The van der Waals surface area contributed by atoms with Gasteiger partial charge in [-0.2, -0.15) is 0 Å². The lowest BCUT2D eigenvalue weighted by molar-refractivity contribution is -0.141. The van der Waals surface area contributed by atoms with E-state index in [1.807, 2.05) is 43.0 Å². The molecule has 2 aromatic carbocycles. The van der Waals surface area contributed by atoms with Crippen LogP contribution in [0.1, 0.15) is 68.8 Å². The predicted octanol–water partition coefficient (Wildman–Crippen LogP) is 6.04. The first-order chi connectivity index (χ1) is 17.0. The lowest BCUT2D eigenvalue weighted by atomic mass is 9.88. The number of fused-ring (bicyclic) bond motifs is 3. The predicted molar refractivity (Wildman–Crippen MR) is 140 cm³/mol. The van der Waals surface area contributed by atoms with Crippen molar-refractivity contribution in [3.63, 3.8) is 0 Å². The molecule has 1 aliphatic carbocycles. The van der Waals surface area contributed by atoms with Gasteiger partial charge in [-0.3, -0.25) is 14.5 Å². The van der Waals surface area contributed by atoms with Crippen LogP contribution >= 0.6 is 0 Å². The minimum atomic E-state index is -0.258. The molecule has 0 N–H and O–H groups in total. The van der Waals surface area contributed by atoms with Gasteiger partial charge in [0.1, 0.15) is 12.6 Å². The summed E-state index contributed by atoms with van der Waals surface area (Å²) in [6.07, 6.45) is 7.33. The Hall–Kier alpha value is -3.34. The summed E-state index contributed by atoms with van der Waals surface area (Å²) in [7, 11) is 0. The molecule has 0 saturated heterocycles. The molecule has 1 atom stereocenters. The van der Waals surface area contributed by atoms with Crippen molar-refractivity contribution in [3.8, 4) is 5.69 Å². The minimum absolute atomic E-state index is 0.0323. The number of aryl methyl sites for hydroxylation is 1. The molecule has 0 bridgehead atoms. The van der Waals surface area contributed by atoms with Crippen LogP contribution in [-0.4, -0.2) is 33.9 Å². The summed E-state index contributed by atoms with van der Waals surface area (Å²) in [5.74, 6) is 0.125. The van der Waals surface area contributed by atoms with Crippen LogP contribution in [0.2, 0.25) is 0 Å². The van der Waals surface area contributed by atoms with Gasteiger partial charge in [0.05, 0.1) is 17.1 Å². The fourth-order valence-electron chi connectivity index (χ4n) is 5.65. The Morgan fingerprint density at radius 1 is 0.914 bits per heavy atom. The molecule has 35 heavy (non-hydrogen) atoms. The number of benzene rings is 2. The first-order valence-electron chi connectivity index (χ1n) is 12.9. The molecule has 2 heterocycles. The van der Waals surface area contributed by atoms with E-state index in [-0.39, 0.29) is 36.4 Å². The highest BCUT2D eigenvalue weighted by molar-refractivity contribution is 6.00. The third kappa shape index (κ3) is 4.40. The lowest BCUT2D eigenvalue weighted by Crippen LogP contribution is -2.50. The quantitative estimate of drug-likeness (QED) is 0.457. The number of amides is 2. The maximum absolute atomic E-state index is 14.2. The maximum atomic E-state index is 14.2. The Balaban J connectivity index is 1.54. The van der Waals surface area contributed by atoms with Gasteiger partial charge >= 0.3 is 0 Å². The monoisotopic (exact) mass is 469 g/mol. The largest absolute Gasteiger partial charge is 0.331 e. The molecule has 0 spiro atoms. The molecule has 1 aliphatic heterocycles. The number of para-hydroxylation sites is 2. The number of anilines is 1. The van der Waals surface area contributed by atoms with Crippen LogP contribution in [0, 0.1) is 12.8 Å². The summed E-state index contributed by atoms with van der Waals surface area (Å²) in [5.41, 5.74) is 5.16. The highest BCUT2D eigenvalue weighted by Gasteiger charge is 2.38. The van der Waals surface area contributed by atoms with Gasteiger partial charge in [-0.15, -0.1) is 0 Å². The number of carbonyl (C=O) groups is 2. The third-order valence-electron chi connectivity index (χ3n) is 7.55. The second-order valence-corrected chi connectivity index (χ2v) is 10.3. The molecule has 5 heteroatoms. The smallest absolute Gasteiger partial charge is 0.247 e. The SMILES string of the molecule is Cc1ccc(C2c3cccn3-c3ccccc3N2C(=O)CN(C(=O)C2CCCCC2)C(C)C)cc1. The van der Waals surface area contributed by atoms with Crippen molar-refractivity contribution in [1.82, 2.24) is 9.47 Å². The van der Waals surface area contributed by atoms with Crippen LogP contribution in [0.5, 0.6) is 0 Å². The van der Waals surface area contributed by atoms with Crippen molar-refractivity contribution in [1.29, 1.82) is 0 Å². The van der Waals surface area contributed by atoms with E-state index < -0.39 is 0 Å². The van der Waals surface area contributed by atoms with Crippen LogP contribution in [0.4, 0.5) is 5.69 Å². The summed E-state index contributed by atoms with van der Waals surface area (Å²) in [4.78, 5) is 31.4. The zero-order valence-electron chi connectivity index (χ0n) is 21.0. The van der Waals surface area contributed by atoms with Crippen molar-refractivity contribution in [2.75, 3.05) is 11.4 Å². The third-order valence-corrected chi connectivity index (χ3v) is 7.55. The molecule has 5 rings (SSSR count). The van der Waals surface area contributed by atoms with Crippen LogP contribution in [-0.2, 0) is 9.59 Å². The number of rotatable bonds is 5. The summed E-state index contributed by atoms with van der Waals surface area (Å²) >= 11 is 0. The lowest BCUT2D eigenvalue weighted by Gasteiger charge is -2.40. The molecular weight excluding hydrogens is 434 g/mol. The van der Waals surface area contributed by atoms with Crippen molar-refractivity contribution >= 4 is 17.5 Å². The molecule has 182 valence electrons. The van der Waals surface area contributed by atoms with Gasteiger partial charge < -0.3 is 9.47 Å². The summed E-state index contributed by atoms with van der Waals surface area (Å²) in [5, 5.41) is 0. The average molecular weight is 470 g/mol. The van der Waals surface area contributed by atoms with Crippen LogP contribution < -0.4 is 4.90 Å². The molecule has 1 fully saturated rings. The Morgan fingerprint density at radius 2 is 1.60 bits per heavy atom. The van der Waals surface area contributed by atoms with E-state index in [1.165, 1.54) is 12.0 Å². The molecule has 1 unspecified atom stereocenters. The molecule has 2 amide bonds. The minimum Gasteiger partial charge on any atom is -0.331 e. The van der Waals surface area contributed by atoms with Gasteiger partial charge in [-0.1, -0.05) is 61.2 Å². The van der Waals surface area contributed by atoms with Crippen LogP contribution in [0.25, 0.3) is 5.69 Å². The van der Waals surface area contributed by atoms with E-state index in [9.17, 15) is 9.59 Å². The molecule has 0 radical (unpaired) electrons. The van der Waals surface area contributed by atoms with Gasteiger partial charge in [-0.05, 0) is 63.4 Å². The van der Waals surface area contributed by atoms with Gasteiger partial charge in [-0.25, -0.2) is 0 Å². The van der Waals surface area contributed by atoms with E-state index in [4.69, 9.17) is 0 Å². The van der Waals surface area contributed by atoms with E-state index in [2.05, 4.69) is 54.1 Å². The molecule has 2 aliphatic rings. The molecule has 5 nitrogen and oxygen atoms in total. The average Bonchev–Trinajstić information content (AvgIpc) is 3.37. The van der Waals surface area contributed by atoms with Crippen molar-refractivity contribution in [2.24, 2.45) is 5.92 Å². The Bertz CT molecular complexity index is 1200. The highest BCUT2D eigenvalue weighted by Crippen LogP contribution is 2.42. The summed E-state index contributed by atoms with van der Waals surface area (Å²) < 4.78 is 2.18. The number of nitrogens with zero attached hydrogens (tertiary/aromatic N) is 3. The number of hydrogen-bond donors (Lipinski definition) is 0. The van der Waals surface area contributed by atoms with Gasteiger partial charge in [0.25, 0.3) is 0 Å². The van der Waals surface area contributed by atoms with E-state index in [0.29, 0.717) is 0 Å². The Morgan fingerprint density at radius 3 is 2.29 bits per heavy atom. The van der Waals surface area contributed by atoms with Gasteiger partial charge in [0.2, 0.25) is 11.8 Å². The summed E-state index contributed by atoms with van der Waals surface area (Å²) in [6.45, 7) is 6.19. The van der Waals surface area contributed by atoms with Crippen LogP contribution in [0.15, 0.2) is 66.9 Å². The molecular formula is C30H35N3O2. The Labute approximate surface area is 208 Å². The van der Waals surface area contributed by atoms with Gasteiger partial charge in [0, 0.05) is 18.2 Å². The van der Waals surface area contributed by atoms with Crippen molar-refractivity contribution < 1.29 is 9.59 Å². The topological polar surface area (TPSA) is 45.6 Å². The first kappa shape index (κ1) is 23.4. The first-order valence-corrected chi connectivity index (χ1v) is 12.9. The van der Waals surface area contributed by atoms with E-state index >= 15 is 0 Å². The van der Waals surface area contributed by atoms with Crippen molar-refractivity contribution in [2.45, 2.75) is 65.0 Å². The maximum Gasteiger partial charge on any atom is 0.247 e. The second-order valence-electron chi connectivity index (χ2n) is 10.3. The molecule has 1 aromatic heterocycles. The number of hydrogen-bond acceptors (Lipinski definition) is 2. The summed E-state index contributed by atoms with van der Waals surface area (Å²) in [6, 6.07) is 20.3. The number of carbonyl (C=O) groups excluding carboxylic acids is 2. The highest BCUT2D eigenvalue weighted by atomic mass is 16.2. The second kappa shape index (κ2) is 9.73. The van der Waals surface area contributed by atoms with Crippen molar-refractivity contribution in [3.05, 3.63) is 83.7 Å². The zero-order chi connectivity index (χ0) is 24.5. The Kier molecular flexibility index (Phi) is 6.50. The fraction of sp³-hybridized carbons (Fsp3) is 0.400. The fourth-order valence-corrected chi connectivity index (χ4v) is 5.65. The van der Waals surface area contributed by atoms with E-state index in [1.54, 1.807) is 4.90 Å². The zero-order valence-corrected chi connectivity index (χ0v) is 21.0. The molecule has 1 saturated carbocycles. The van der Waals surface area contributed by atoms with E-state index in [0.717, 1.165) is 48.3 Å². The standard InChI is InChI=1S/C30H35N3O2/c1-21(2)32(30(35)24-10-5-4-6-11-24)20-28(34)33-26-13-8-7-12-25(26)31-19-9-14-27(31)29(33)23-17-15-22(3)16-18-23/h7-9,12-19,21,24,29H,4-6,10-11,20H2,1-3H3. The van der Waals surface area contributed by atoms with Crippen LogP contribution in [0.3, 0.4) is 0 Å². The van der Waals surface area contributed by atoms with Gasteiger partial charge in [0.15, 0.2) is 0 Å².